The number of fused-ring (bicyclic) bond motifs is 1. The van der Waals surface area contributed by atoms with Crippen LogP contribution in [-0.2, 0) is 4.79 Å². The number of para-hydroxylation sites is 2. The summed E-state index contributed by atoms with van der Waals surface area (Å²) in [6.45, 7) is 0. The Morgan fingerprint density at radius 2 is 1.94 bits per heavy atom. The molecule has 0 saturated heterocycles. The molecule has 0 fully saturated rings. The minimum absolute atomic E-state index is 0.126. The number of amides is 1. The fourth-order valence-electron chi connectivity index (χ4n) is 1.37. The number of anilines is 1. The van der Waals surface area contributed by atoms with Crippen LogP contribution in [0.1, 0.15) is 6.42 Å². The fraction of sp³-hybridized carbons (Fsp3) is 0.200. The summed E-state index contributed by atoms with van der Waals surface area (Å²) in [6, 6.07) is 6.11. The van der Waals surface area contributed by atoms with Gasteiger partial charge in [0.2, 0.25) is 5.91 Å². The van der Waals surface area contributed by atoms with E-state index in [1.807, 2.05) is 0 Å². The van der Waals surface area contributed by atoms with Crippen molar-refractivity contribution in [2.24, 2.45) is 4.99 Å². The van der Waals surface area contributed by atoms with Crippen molar-refractivity contribution in [3.05, 3.63) is 24.3 Å². The SMILES string of the molecule is O=C1CC(C(F)(F)F)=Nc2ccccc2N1. The van der Waals surface area contributed by atoms with Crippen LogP contribution in [0.15, 0.2) is 29.3 Å². The van der Waals surface area contributed by atoms with Crippen molar-refractivity contribution >= 4 is 23.0 Å². The summed E-state index contributed by atoms with van der Waals surface area (Å²) < 4.78 is 37.4. The molecule has 0 unspecified atom stereocenters. The van der Waals surface area contributed by atoms with Crippen LogP contribution in [0, 0.1) is 0 Å². The van der Waals surface area contributed by atoms with Crippen LogP contribution in [0.2, 0.25) is 0 Å². The third-order valence-corrected chi connectivity index (χ3v) is 2.09. The first kappa shape index (κ1) is 10.7. The van der Waals surface area contributed by atoms with E-state index in [1.54, 1.807) is 12.1 Å². The second-order valence-corrected chi connectivity index (χ2v) is 3.30. The van der Waals surface area contributed by atoms with E-state index < -0.39 is 24.2 Å². The number of halogens is 3. The maximum Gasteiger partial charge on any atom is 0.430 e. The molecule has 0 aliphatic carbocycles. The highest BCUT2D eigenvalue weighted by atomic mass is 19.4. The van der Waals surface area contributed by atoms with Crippen LogP contribution in [0.4, 0.5) is 24.5 Å². The molecule has 1 aromatic carbocycles. The number of carbonyl (C=O) groups is 1. The highest BCUT2D eigenvalue weighted by Gasteiger charge is 2.38. The molecular weight excluding hydrogens is 221 g/mol. The number of carbonyl (C=O) groups excluding carboxylic acids is 1. The minimum Gasteiger partial charge on any atom is -0.324 e. The molecule has 0 saturated carbocycles. The van der Waals surface area contributed by atoms with E-state index in [2.05, 4.69) is 10.3 Å². The van der Waals surface area contributed by atoms with Crippen molar-refractivity contribution in [1.82, 2.24) is 0 Å². The largest absolute Gasteiger partial charge is 0.430 e. The highest BCUT2D eigenvalue weighted by Crippen LogP contribution is 2.31. The van der Waals surface area contributed by atoms with Crippen molar-refractivity contribution in [2.75, 3.05) is 5.32 Å². The van der Waals surface area contributed by atoms with E-state index in [0.29, 0.717) is 5.69 Å². The maximum absolute atomic E-state index is 12.5. The van der Waals surface area contributed by atoms with Gasteiger partial charge in [0.1, 0.15) is 5.71 Å². The normalized spacial score (nSPS) is 15.9. The van der Waals surface area contributed by atoms with Gasteiger partial charge in [0.15, 0.2) is 0 Å². The summed E-state index contributed by atoms with van der Waals surface area (Å²) in [7, 11) is 0. The first-order chi connectivity index (χ1) is 7.47. The molecule has 2 rings (SSSR count). The molecule has 1 aliphatic rings. The van der Waals surface area contributed by atoms with Gasteiger partial charge in [-0.2, -0.15) is 13.2 Å². The molecule has 1 aliphatic heterocycles. The molecule has 0 bridgehead atoms. The molecule has 1 amide bonds. The Hall–Kier alpha value is -1.85. The van der Waals surface area contributed by atoms with Gasteiger partial charge in [0.05, 0.1) is 17.8 Å². The molecule has 0 atom stereocenters. The van der Waals surface area contributed by atoms with Crippen molar-refractivity contribution in [3.8, 4) is 0 Å². The molecule has 1 N–H and O–H groups in total. The third kappa shape index (κ3) is 2.05. The number of aliphatic imine (C=N–C) groups is 1. The molecule has 1 aromatic rings. The van der Waals surface area contributed by atoms with Gasteiger partial charge < -0.3 is 5.32 Å². The first-order valence-corrected chi connectivity index (χ1v) is 4.50. The smallest absolute Gasteiger partial charge is 0.324 e. The Morgan fingerprint density at radius 1 is 1.25 bits per heavy atom. The molecule has 84 valence electrons. The van der Waals surface area contributed by atoms with Gasteiger partial charge in [0, 0.05) is 0 Å². The summed E-state index contributed by atoms with van der Waals surface area (Å²) in [5.41, 5.74) is -0.651. The average molecular weight is 228 g/mol. The number of nitrogens with zero attached hydrogens (tertiary/aromatic N) is 1. The predicted octanol–water partition coefficient (Wildman–Crippen LogP) is 2.66. The molecule has 0 aromatic heterocycles. The summed E-state index contributed by atoms with van der Waals surface area (Å²) in [5, 5.41) is 2.37. The molecule has 0 spiro atoms. The zero-order valence-electron chi connectivity index (χ0n) is 8.01. The van der Waals surface area contributed by atoms with Crippen LogP contribution in [0.3, 0.4) is 0 Å². The van der Waals surface area contributed by atoms with Crippen molar-refractivity contribution in [1.29, 1.82) is 0 Å². The molecule has 3 nitrogen and oxygen atoms in total. The molecule has 6 heteroatoms. The molecular formula is C10H7F3N2O. The lowest BCUT2D eigenvalue weighted by molar-refractivity contribution is -0.116. The zero-order valence-corrected chi connectivity index (χ0v) is 8.01. The topological polar surface area (TPSA) is 41.5 Å². The van der Waals surface area contributed by atoms with Crippen LogP contribution in [0.25, 0.3) is 0 Å². The monoisotopic (exact) mass is 228 g/mol. The predicted molar refractivity (Wildman–Crippen MR) is 52.8 cm³/mol. The maximum atomic E-state index is 12.5. The van der Waals surface area contributed by atoms with Gasteiger partial charge in [0.25, 0.3) is 0 Å². The van der Waals surface area contributed by atoms with Gasteiger partial charge in [-0.15, -0.1) is 0 Å². The summed E-state index contributed by atoms with van der Waals surface area (Å²) in [5.74, 6) is -0.707. The van der Waals surface area contributed by atoms with E-state index >= 15 is 0 Å². The second-order valence-electron chi connectivity index (χ2n) is 3.30. The van der Waals surface area contributed by atoms with Gasteiger partial charge in [-0.25, -0.2) is 4.99 Å². The average Bonchev–Trinajstić information content (AvgIpc) is 2.34. The van der Waals surface area contributed by atoms with Crippen molar-refractivity contribution in [2.45, 2.75) is 12.6 Å². The summed E-state index contributed by atoms with van der Waals surface area (Å²) in [6.07, 6.45) is -5.33. The van der Waals surface area contributed by atoms with Crippen LogP contribution < -0.4 is 5.32 Å². The zero-order chi connectivity index (χ0) is 11.8. The molecule has 0 radical (unpaired) electrons. The van der Waals surface area contributed by atoms with Crippen LogP contribution in [0.5, 0.6) is 0 Å². The standard InChI is InChI=1S/C10H7F3N2O/c11-10(12,13)8-5-9(16)15-7-4-2-1-3-6(7)14-8/h1-4H,5H2,(H,15,16). The fourth-order valence-corrected chi connectivity index (χ4v) is 1.37. The highest BCUT2D eigenvalue weighted by molar-refractivity contribution is 6.12. The van der Waals surface area contributed by atoms with E-state index in [-0.39, 0.29) is 5.69 Å². The number of hydrogen-bond acceptors (Lipinski definition) is 2. The Kier molecular flexibility index (Phi) is 2.41. The van der Waals surface area contributed by atoms with E-state index in [9.17, 15) is 18.0 Å². The van der Waals surface area contributed by atoms with Crippen LogP contribution >= 0.6 is 0 Å². The van der Waals surface area contributed by atoms with E-state index in [1.165, 1.54) is 12.1 Å². The molecule has 16 heavy (non-hydrogen) atoms. The molecule has 1 heterocycles. The van der Waals surface area contributed by atoms with Crippen LogP contribution in [-0.4, -0.2) is 17.8 Å². The second kappa shape index (κ2) is 3.62. The number of hydrogen-bond donors (Lipinski definition) is 1. The number of alkyl halides is 3. The minimum atomic E-state index is -4.57. The third-order valence-electron chi connectivity index (χ3n) is 2.09. The lowest BCUT2D eigenvalue weighted by Gasteiger charge is -2.06. The number of nitrogens with one attached hydrogen (secondary N) is 1. The lowest BCUT2D eigenvalue weighted by Crippen LogP contribution is -2.26. The van der Waals surface area contributed by atoms with Gasteiger partial charge in [-0.1, -0.05) is 12.1 Å². The number of rotatable bonds is 0. The summed E-state index contributed by atoms with van der Waals surface area (Å²) >= 11 is 0. The Balaban J connectivity index is 2.51. The Bertz CT molecular complexity index is 465. The van der Waals surface area contributed by atoms with E-state index in [4.69, 9.17) is 0 Å². The quantitative estimate of drug-likeness (QED) is 0.728. The van der Waals surface area contributed by atoms with Gasteiger partial charge in [-0.3, -0.25) is 4.79 Å². The van der Waals surface area contributed by atoms with Gasteiger partial charge in [-0.05, 0) is 12.1 Å². The first-order valence-electron chi connectivity index (χ1n) is 4.50. The lowest BCUT2D eigenvalue weighted by atomic mass is 10.2. The summed E-state index contributed by atoms with van der Waals surface area (Å²) in [4.78, 5) is 14.7. The van der Waals surface area contributed by atoms with Gasteiger partial charge >= 0.3 is 6.18 Å². The number of benzene rings is 1. The van der Waals surface area contributed by atoms with E-state index in [0.717, 1.165) is 0 Å². The Morgan fingerprint density at radius 3 is 2.62 bits per heavy atom. The van der Waals surface area contributed by atoms with Crippen molar-refractivity contribution in [3.63, 3.8) is 0 Å². The van der Waals surface area contributed by atoms with Crippen molar-refractivity contribution < 1.29 is 18.0 Å². The Labute approximate surface area is 89.0 Å².